The maximum Gasteiger partial charge on any atom is 0.242 e. The quantitative estimate of drug-likeness (QED) is 0.710. The molecule has 0 atom stereocenters. The number of aryl methyl sites for hydroxylation is 1. The molecule has 0 saturated heterocycles. The van der Waals surface area contributed by atoms with E-state index in [0.29, 0.717) is 22.7 Å². The molecule has 7 nitrogen and oxygen atoms in total. The molecule has 1 aromatic heterocycles. The minimum absolute atomic E-state index is 0.00575. The van der Waals surface area contributed by atoms with Gasteiger partial charge in [0, 0.05) is 5.56 Å². The van der Waals surface area contributed by atoms with Crippen molar-refractivity contribution in [2.24, 2.45) is 0 Å². The molecule has 1 N–H and O–H groups in total. The van der Waals surface area contributed by atoms with E-state index in [1.807, 2.05) is 0 Å². The second-order valence-electron chi connectivity index (χ2n) is 5.47. The molecule has 1 heterocycles. The van der Waals surface area contributed by atoms with Crippen LogP contribution in [0.1, 0.15) is 11.5 Å². The normalized spacial score (nSPS) is 11.5. The van der Waals surface area contributed by atoms with E-state index in [9.17, 15) is 12.8 Å². The van der Waals surface area contributed by atoms with E-state index in [1.54, 1.807) is 31.4 Å². The van der Waals surface area contributed by atoms with Crippen LogP contribution in [0.5, 0.6) is 5.75 Å². The lowest BCUT2D eigenvalue weighted by molar-refractivity contribution is 0.376. The summed E-state index contributed by atoms with van der Waals surface area (Å²) in [7, 11) is -2.27. The van der Waals surface area contributed by atoms with Gasteiger partial charge in [0.25, 0.3) is 0 Å². The van der Waals surface area contributed by atoms with Gasteiger partial charge < -0.3 is 9.26 Å². The van der Waals surface area contributed by atoms with Crippen molar-refractivity contribution in [3.63, 3.8) is 0 Å². The molecule has 9 heteroatoms. The minimum Gasteiger partial charge on any atom is -0.497 e. The summed E-state index contributed by atoms with van der Waals surface area (Å²) < 4.78 is 50.4. The maximum absolute atomic E-state index is 13.1. The van der Waals surface area contributed by atoms with E-state index < -0.39 is 15.8 Å². The van der Waals surface area contributed by atoms with Crippen LogP contribution in [-0.4, -0.2) is 25.7 Å². The van der Waals surface area contributed by atoms with E-state index in [2.05, 4.69) is 14.9 Å². The molecule has 0 fully saturated rings. The molecule has 0 radical (unpaired) electrons. The molecular weight excluding hydrogens is 361 g/mol. The minimum atomic E-state index is -3.83. The Hall–Kier alpha value is -2.78. The molecule has 0 unspecified atom stereocenters. The van der Waals surface area contributed by atoms with E-state index in [0.717, 1.165) is 12.1 Å². The number of nitrogens with zero attached hydrogens (tertiary/aromatic N) is 2. The predicted octanol–water partition coefficient (Wildman–Crippen LogP) is 2.67. The third-order valence-electron chi connectivity index (χ3n) is 3.66. The summed E-state index contributed by atoms with van der Waals surface area (Å²) in [5, 5.41) is 3.83. The molecule has 136 valence electrons. The fraction of sp³-hybridized carbons (Fsp3) is 0.176. The Kier molecular flexibility index (Phi) is 5.01. The van der Waals surface area contributed by atoms with Crippen molar-refractivity contribution in [3.05, 3.63) is 59.7 Å². The van der Waals surface area contributed by atoms with Crippen molar-refractivity contribution in [2.75, 3.05) is 7.11 Å². The Labute approximate surface area is 149 Å². The van der Waals surface area contributed by atoms with E-state index >= 15 is 0 Å². The molecule has 0 aliphatic rings. The van der Waals surface area contributed by atoms with Crippen LogP contribution in [0.2, 0.25) is 0 Å². The fourth-order valence-corrected chi connectivity index (χ4v) is 3.53. The topological polar surface area (TPSA) is 94.3 Å². The van der Waals surface area contributed by atoms with E-state index in [1.165, 1.54) is 13.0 Å². The number of nitrogens with one attached hydrogen (secondary N) is 1. The van der Waals surface area contributed by atoms with Crippen LogP contribution in [0.4, 0.5) is 4.39 Å². The van der Waals surface area contributed by atoms with Crippen LogP contribution < -0.4 is 9.46 Å². The van der Waals surface area contributed by atoms with Crippen molar-refractivity contribution in [1.82, 2.24) is 14.9 Å². The molecular formula is C17H16FN3O4S. The van der Waals surface area contributed by atoms with Crippen molar-refractivity contribution >= 4 is 10.0 Å². The van der Waals surface area contributed by atoms with Crippen molar-refractivity contribution in [2.45, 2.75) is 18.4 Å². The summed E-state index contributed by atoms with van der Waals surface area (Å²) in [6, 6.07) is 10.5. The number of benzene rings is 2. The zero-order valence-corrected chi connectivity index (χ0v) is 14.9. The summed E-state index contributed by atoms with van der Waals surface area (Å²) in [6.07, 6.45) is 0. The van der Waals surface area contributed by atoms with Gasteiger partial charge in [0.15, 0.2) is 0 Å². The third kappa shape index (κ3) is 3.89. The van der Waals surface area contributed by atoms with E-state index in [-0.39, 0.29) is 17.3 Å². The molecule has 2 aromatic carbocycles. The van der Waals surface area contributed by atoms with Crippen LogP contribution in [0.25, 0.3) is 11.4 Å². The van der Waals surface area contributed by atoms with Gasteiger partial charge in [-0.05, 0) is 55.0 Å². The highest BCUT2D eigenvalue weighted by Crippen LogP contribution is 2.20. The Bertz CT molecular complexity index is 1020. The van der Waals surface area contributed by atoms with Gasteiger partial charge in [0.1, 0.15) is 11.6 Å². The Morgan fingerprint density at radius 1 is 1.19 bits per heavy atom. The molecule has 0 saturated carbocycles. The number of aromatic nitrogens is 2. The number of ether oxygens (including phenoxy) is 1. The average molecular weight is 377 g/mol. The zero-order valence-electron chi connectivity index (χ0n) is 14.1. The van der Waals surface area contributed by atoms with Crippen LogP contribution >= 0.6 is 0 Å². The van der Waals surface area contributed by atoms with Gasteiger partial charge in [-0.25, -0.2) is 17.5 Å². The summed E-state index contributed by atoms with van der Waals surface area (Å²) in [6.45, 7) is 1.34. The van der Waals surface area contributed by atoms with Crippen molar-refractivity contribution < 1.29 is 22.1 Å². The van der Waals surface area contributed by atoms with Gasteiger partial charge in [-0.3, -0.25) is 0 Å². The highest BCUT2D eigenvalue weighted by molar-refractivity contribution is 7.89. The van der Waals surface area contributed by atoms with Gasteiger partial charge in [-0.1, -0.05) is 5.16 Å². The molecule has 26 heavy (non-hydrogen) atoms. The second-order valence-corrected chi connectivity index (χ2v) is 7.21. The lowest BCUT2D eigenvalue weighted by atomic mass is 10.2. The molecule has 0 amide bonds. The van der Waals surface area contributed by atoms with Crippen LogP contribution in [-0.2, 0) is 16.6 Å². The SMILES string of the molecule is COc1ccc(-c2noc(CNS(=O)(=O)c3ccc(F)cc3C)n2)cc1. The fourth-order valence-electron chi connectivity index (χ4n) is 2.33. The number of rotatable bonds is 6. The zero-order chi connectivity index (χ0) is 18.7. The highest BCUT2D eigenvalue weighted by Gasteiger charge is 2.18. The summed E-state index contributed by atoms with van der Waals surface area (Å²) in [5.74, 6) is 0.640. The Balaban J connectivity index is 1.72. The standard InChI is InChI=1S/C17H16FN3O4S/c1-11-9-13(18)5-8-15(11)26(22,23)19-10-16-20-17(21-25-16)12-3-6-14(24-2)7-4-12/h3-9,19H,10H2,1-2H3. The Morgan fingerprint density at radius 2 is 1.92 bits per heavy atom. The monoisotopic (exact) mass is 377 g/mol. The van der Waals surface area contributed by atoms with Crippen LogP contribution in [0.3, 0.4) is 0 Å². The lowest BCUT2D eigenvalue weighted by Crippen LogP contribution is -2.24. The summed E-state index contributed by atoms with van der Waals surface area (Å²) >= 11 is 0. The molecule has 3 aromatic rings. The second kappa shape index (κ2) is 7.22. The number of hydrogen-bond acceptors (Lipinski definition) is 6. The first-order valence-corrected chi connectivity index (χ1v) is 9.10. The van der Waals surface area contributed by atoms with E-state index in [4.69, 9.17) is 9.26 Å². The van der Waals surface area contributed by atoms with Gasteiger partial charge in [0.2, 0.25) is 21.7 Å². The average Bonchev–Trinajstić information content (AvgIpc) is 3.09. The van der Waals surface area contributed by atoms with Crippen LogP contribution in [0.15, 0.2) is 51.9 Å². The van der Waals surface area contributed by atoms with Gasteiger partial charge in [-0.15, -0.1) is 0 Å². The third-order valence-corrected chi connectivity index (χ3v) is 5.22. The Morgan fingerprint density at radius 3 is 2.58 bits per heavy atom. The smallest absolute Gasteiger partial charge is 0.242 e. The van der Waals surface area contributed by atoms with Crippen molar-refractivity contribution in [3.8, 4) is 17.1 Å². The van der Waals surface area contributed by atoms with Crippen LogP contribution in [0, 0.1) is 12.7 Å². The van der Waals surface area contributed by atoms with Crippen molar-refractivity contribution in [1.29, 1.82) is 0 Å². The molecule has 0 aliphatic carbocycles. The highest BCUT2D eigenvalue weighted by atomic mass is 32.2. The maximum atomic E-state index is 13.1. The number of hydrogen-bond donors (Lipinski definition) is 1. The largest absolute Gasteiger partial charge is 0.497 e. The number of halogens is 1. The summed E-state index contributed by atoms with van der Waals surface area (Å²) in [4.78, 5) is 4.16. The lowest BCUT2D eigenvalue weighted by Gasteiger charge is -2.07. The van der Waals surface area contributed by atoms with Gasteiger partial charge >= 0.3 is 0 Å². The van der Waals surface area contributed by atoms with Gasteiger partial charge in [0.05, 0.1) is 18.6 Å². The first kappa shape index (κ1) is 18.0. The number of sulfonamides is 1. The molecule has 0 bridgehead atoms. The number of methoxy groups -OCH3 is 1. The molecule has 0 spiro atoms. The summed E-state index contributed by atoms with van der Waals surface area (Å²) in [5.41, 5.74) is 1.01. The van der Waals surface area contributed by atoms with Gasteiger partial charge in [-0.2, -0.15) is 4.98 Å². The first-order valence-electron chi connectivity index (χ1n) is 7.62. The molecule has 3 rings (SSSR count). The predicted molar refractivity (Wildman–Crippen MR) is 91.4 cm³/mol. The first-order chi connectivity index (χ1) is 12.4. The molecule has 0 aliphatic heterocycles.